The molecule has 0 aliphatic carbocycles. The number of nitrogens with zero attached hydrogens (tertiary/aromatic N) is 3. The topological polar surface area (TPSA) is 91.8 Å². The molecule has 0 spiro atoms. The number of hydrogen-bond acceptors (Lipinski definition) is 6. The van der Waals surface area contributed by atoms with E-state index in [1.807, 2.05) is 18.2 Å². The van der Waals surface area contributed by atoms with Gasteiger partial charge in [0.25, 0.3) is 0 Å². The number of aromatic nitrogens is 3. The van der Waals surface area contributed by atoms with Gasteiger partial charge in [-0.2, -0.15) is 0 Å². The van der Waals surface area contributed by atoms with Gasteiger partial charge >= 0.3 is 0 Å². The third-order valence-corrected chi connectivity index (χ3v) is 3.82. The highest BCUT2D eigenvalue weighted by Crippen LogP contribution is 2.15. The summed E-state index contributed by atoms with van der Waals surface area (Å²) in [5.74, 6) is 1.94. The van der Waals surface area contributed by atoms with Gasteiger partial charge in [0.2, 0.25) is 5.91 Å². The van der Waals surface area contributed by atoms with E-state index in [9.17, 15) is 9.18 Å². The second kappa shape index (κ2) is 9.40. The Morgan fingerprint density at radius 3 is 2.57 bits per heavy atom. The Hall–Kier alpha value is -3.55. The van der Waals surface area contributed by atoms with E-state index in [1.54, 1.807) is 37.4 Å². The lowest BCUT2D eigenvalue weighted by Crippen LogP contribution is -2.30. The maximum atomic E-state index is 13.6. The van der Waals surface area contributed by atoms with E-state index in [2.05, 4.69) is 30.9 Å². The Balaban J connectivity index is 1.48. The summed E-state index contributed by atoms with van der Waals surface area (Å²) in [7, 11) is 0. The van der Waals surface area contributed by atoms with Gasteiger partial charge in [-0.25, -0.2) is 19.3 Å². The van der Waals surface area contributed by atoms with Gasteiger partial charge in [0.15, 0.2) is 0 Å². The molecule has 0 unspecified atom stereocenters. The summed E-state index contributed by atoms with van der Waals surface area (Å²) in [6.07, 6.45) is 1.71. The molecule has 3 N–H and O–H groups in total. The van der Waals surface area contributed by atoms with E-state index in [-0.39, 0.29) is 18.1 Å². The number of anilines is 3. The van der Waals surface area contributed by atoms with Crippen LogP contribution < -0.4 is 16.0 Å². The summed E-state index contributed by atoms with van der Waals surface area (Å²) in [5, 5.41) is 9.02. The van der Waals surface area contributed by atoms with Crippen molar-refractivity contribution in [2.75, 3.05) is 23.7 Å². The molecule has 28 heavy (non-hydrogen) atoms. The van der Waals surface area contributed by atoms with Crippen LogP contribution in [0.4, 0.5) is 21.8 Å². The van der Waals surface area contributed by atoms with Crippen molar-refractivity contribution in [2.45, 2.75) is 13.3 Å². The number of amides is 1. The lowest BCUT2D eigenvalue weighted by Gasteiger charge is -2.10. The standard InChI is InChI=1S/C20H21FN6O/c1-14-25-18(13-19(26-14)27-17-8-4-5-9-22-17)23-10-11-24-20(28)12-15-6-2-3-7-16(15)21/h2-9,13H,10-12H2,1H3,(H,24,28)(H2,22,23,25,26,27). The van der Waals surface area contributed by atoms with Crippen LogP contribution >= 0.6 is 0 Å². The number of nitrogens with one attached hydrogen (secondary N) is 3. The molecule has 0 bridgehead atoms. The van der Waals surface area contributed by atoms with Crippen LogP contribution in [0, 0.1) is 12.7 Å². The van der Waals surface area contributed by atoms with E-state index in [0.29, 0.717) is 41.9 Å². The Morgan fingerprint density at radius 1 is 1.00 bits per heavy atom. The molecule has 144 valence electrons. The van der Waals surface area contributed by atoms with Gasteiger partial charge < -0.3 is 16.0 Å². The van der Waals surface area contributed by atoms with E-state index in [1.165, 1.54) is 6.07 Å². The van der Waals surface area contributed by atoms with Crippen molar-refractivity contribution >= 4 is 23.4 Å². The minimum Gasteiger partial charge on any atom is -0.368 e. The van der Waals surface area contributed by atoms with E-state index >= 15 is 0 Å². The number of carbonyl (C=O) groups is 1. The van der Waals surface area contributed by atoms with Crippen molar-refractivity contribution in [1.29, 1.82) is 0 Å². The SMILES string of the molecule is Cc1nc(NCCNC(=O)Cc2ccccc2F)cc(Nc2ccccn2)n1. The number of benzene rings is 1. The van der Waals surface area contributed by atoms with Crippen LogP contribution in [0.2, 0.25) is 0 Å². The van der Waals surface area contributed by atoms with Gasteiger partial charge in [0, 0.05) is 25.4 Å². The number of hydrogen-bond donors (Lipinski definition) is 3. The second-order valence-electron chi connectivity index (χ2n) is 6.07. The molecule has 1 aromatic carbocycles. The largest absolute Gasteiger partial charge is 0.368 e. The summed E-state index contributed by atoms with van der Waals surface area (Å²) in [6, 6.07) is 13.6. The molecule has 0 saturated carbocycles. The molecular weight excluding hydrogens is 359 g/mol. The Morgan fingerprint density at radius 2 is 1.79 bits per heavy atom. The van der Waals surface area contributed by atoms with Gasteiger partial charge in [-0.05, 0) is 30.7 Å². The van der Waals surface area contributed by atoms with Crippen LogP contribution in [-0.4, -0.2) is 33.9 Å². The minimum atomic E-state index is -0.375. The molecule has 3 rings (SSSR count). The molecule has 2 heterocycles. The quantitative estimate of drug-likeness (QED) is 0.521. The maximum Gasteiger partial charge on any atom is 0.224 e. The average Bonchev–Trinajstić information content (AvgIpc) is 2.67. The van der Waals surface area contributed by atoms with Crippen LogP contribution in [0.25, 0.3) is 0 Å². The van der Waals surface area contributed by atoms with Gasteiger partial charge in [0.05, 0.1) is 6.42 Å². The Kier molecular flexibility index (Phi) is 6.46. The molecule has 3 aromatic rings. The molecule has 0 fully saturated rings. The van der Waals surface area contributed by atoms with E-state index < -0.39 is 0 Å². The first kappa shape index (κ1) is 19.2. The zero-order valence-corrected chi connectivity index (χ0v) is 15.4. The highest BCUT2D eigenvalue weighted by atomic mass is 19.1. The van der Waals surface area contributed by atoms with Crippen molar-refractivity contribution in [2.24, 2.45) is 0 Å². The van der Waals surface area contributed by atoms with E-state index in [4.69, 9.17) is 0 Å². The molecule has 2 aromatic heterocycles. The molecule has 1 amide bonds. The van der Waals surface area contributed by atoms with Crippen molar-refractivity contribution < 1.29 is 9.18 Å². The van der Waals surface area contributed by atoms with E-state index in [0.717, 1.165) is 0 Å². The molecule has 0 radical (unpaired) electrons. The summed E-state index contributed by atoms with van der Waals surface area (Å²) < 4.78 is 13.6. The monoisotopic (exact) mass is 380 g/mol. The first-order valence-corrected chi connectivity index (χ1v) is 8.88. The van der Waals surface area contributed by atoms with Crippen LogP contribution in [0.15, 0.2) is 54.7 Å². The third-order valence-electron chi connectivity index (χ3n) is 3.82. The highest BCUT2D eigenvalue weighted by Gasteiger charge is 2.07. The number of carbonyl (C=O) groups excluding carboxylic acids is 1. The van der Waals surface area contributed by atoms with Crippen LogP contribution in [0.5, 0.6) is 0 Å². The molecule has 0 aliphatic heterocycles. The smallest absolute Gasteiger partial charge is 0.224 e. The maximum absolute atomic E-state index is 13.6. The third kappa shape index (κ3) is 5.73. The first-order chi connectivity index (χ1) is 13.6. The second-order valence-corrected chi connectivity index (χ2v) is 6.07. The van der Waals surface area contributed by atoms with Crippen LogP contribution in [0.1, 0.15) is 11.4 Å². The molecule has 0 aliphatic rings. The zero-order chi connectivity index (χ0) is 19.8. The van der Waals surface area contributed by atoms with Crippen molar-refractivity contribution in [1.82, 2.24) is 20.3 Å². The number of halogens is 1. The molecule has 7 nitrogen and oxygen atoms in total. The van der Waals surface area contributed by atoms with Gasteiger partial charge in [0.1, 0.15) is 29.1 Å². The lowest BCUT2D eigenvalue weighted by molar-refractivity contribution is -0.120. The van der Waals surface area contributed by atoms with Gasteiger partial charge in [-0.3, -0.25) is 4.79 Å². The lowest BCUT2D eigenvalue weighted by atomic mass is 10.1. The fourth-order valence-electron chi connectivity index (χ4n) is 2.56. The summed E-state index contributed by atoms with van der Waals surface area (Å²) >= 11 is 0. The average molecular weight is 380 g/mol. The van der Waals surface area contributed by atoms with Crippen molar-refractivity contribution in [3.05, 3.63) is 71.9 Å². The summed E-state index contributed by atoms with van der Waals surface area (Å²) in [5.41, 5.74) is 0.379. The minimum absolute atomic E-state index is 0.0113. The normalized spacial score (nSPS) is 10.4. The fourth-order valence-corrected chi connectivity index (χ4v) is 2.56. The van der Waals surface area contributed by atoms with Crippen molar-refractivity contribution in [3.63, 3.8) is 0 Å². The zero-order valence-electron chi connectivity index (χ0n) is 15.4. The molecular formula is C20H21FN6O. The summed E-state index contributed by atoms with van der Waals surface area (Å²) in [6.45, 7) is 2.66. The first-order valence-electron chi connectivity index (χ1n) is 8.88. The molecule has 0 saturated heterocycles. The molecule has 0 atom stereocenters. The van der Waals surface area contributed by atoms with Crippen molar-refractivity contribution in [3.8, 4) is 0 Å². The van der Waals surface area contributed by atoms with Gasteiger partial charge in [-0.15, -0.1) is 0 Å². The Bertz CT molecular complexity index is 935. The Labute approximate surface area is 162 Å². The van der Waals surface area contributed by atoms with Gasteiger partial charge in [-0.1, -0.05) is 24.3 Å². The predicted molar refractivity (Wildman–Crippen MR) is 106 cm³/mol. The molecule has 8 heteroatoms. The highest BCUT2D eigenvalue weighted by molar-refractivity contribution is 5.78. The number of aryl methyl sites for hydroxylation is 1. The van der Waals surface area contributed by atoms with Crippen LogP contribution in [0.3, 0.4) is 0 Å². The predicted octanol–water partition coefficient (Wildman–Crippen LogP) is 2.83. The number of pyridine rings is 1. The number of rotatable bonds is 8. The van der Waals surface area contributed by atoms with Crippen LogP contribution in [-0.2, 0) is 11.2 Å². The fraction of sp³-hybridized carbons (Fsp3) is 0.200. The summed E-state index contributed by atoms with van der Waals surface area (Å²) in [4.78, 5) is 24.8.